The number of ether oxygens (including phenoxy) is 2. The van der Waals surface area contributed by atoms with Gasteiger partial charge in [0.2, 0.25) is 0 Å². The zero-order chi connectivity index (χ0) is 15.1. The van der Waals surface area contributed by atoms with Gasteiger partial charge in [0.15, 0.2) is 11.5 Å². The standard InChI is InChI=1S/C17H28N2O2/c1-3-5-7-13(4-2)12-15(19-18)14-8-6-9-16-17(14)21-11-10-20-16/h6,8-9,13,15,19H,3-5,7,10-12,18H2,1-2H3. The van der Waals surface area contributed by atoms with Gasteiger partial charge in [-0.1, -0.05) is 51.7 Å². The Morgan fingerprint density at radius 2 is 2.05 bits per heavy atom. The molecule has 0 spiro atoms. The summed E-state index contributed by atoms with van der Waals surface area (Å²) >= 11 is 0. The zero-order valence-electron chi connectivity index (χ0n) is 13.2. The van der Waals surface area contributed by atoms with Crippen molar-refractivity contribution in [3.63, 3.8) is 0 Å². The van der Waals surface area contributed by atoms with Crippen molar-refractivity contribution < 1.29 is 9.47 Å². The third-order valence-electron chi connectivity index (χ3n) is 4.29. The van der Waals surface area contributed by atoms with Crippen molar-refractivity contribution in [1.82, 2.24) is 5.43 Å². The highest BCUT2D eigenvalue weighted by Gasteiger charge is 2.23. The molecule has 21 heavy (non-hydrogen) atoms. The molecule has 0 saturated heterocycles. The summed E-state index contributed by atoms with van der Waals surface area (Å²) in [6.07, 6.45) is 6.01. The zero-order valence-corrected chi connectivity index (χ0v) is 13.2. The highest BCUT2D eigenvalue weighted by atomic mass is 16.6. The molecule has 2 unspecified atom stereocenters. The highest BCUT2D eigenvalue weighted by molar-refractivity contribution is 5.48. The van der Waals surface area contributed by atoms with Crippen LogP contribution < -0.4 is 20.7 Å². The molecule has 1 aromatic carbocycles. The van der Waals surface area contributed by atoms with E-state index in [9.17, 15) is 0 Å². The second-order valence-corrected chi connectivity index (χ2v) is 5.74. The molecular formula is C17H28N2O2. The van der Waals surface area contributed by atoms with Gasteiger partial charge in [-0.3, -0.25) is 11.3 Å². The number of benzene rings is 1. The molecule has 1 aliphatic heterocycles. The Bertz CT molecular complexity index is 437. The molecule has 0 saturated carbocycles. The van der Waals surface area contributed by atoms with Crippen molar-refractivity contribution in [3.05, 3.63) is 23.8 Å². The first-order valence-corrected chi connectivity index (χ1v) is 8.14. The van der Waals surface area contributed by atoms with Crippen LogP contribution in [0.5, 0.6) is 11.5 Å². The van der Waals surface area contributed by atoms with E-state index in [-0.39, 0.29) is 6.04 Å². The predicted molar refractivity (Wildman–Crippen MR) is 85.4 cm³/mol. The van der Waals surface area contributed by atoms with Crippen LogP contribution in [0.15, 0.2) is 18.2 Å². The van der Waals surface area contributed by atoms with Crippen molar-refractivity contribution in [2.75, 3.05) is 13.2 Å². The van der Waals surface area contributed by atoms with Gasteiger partial charge in [0.1, 0.15) is 13.2 Å². The lowest BCUT2D eigenvalue weighted by molar-refractivity contribution is 0.168. The molecule has 4 nitrogen and oxygen atoms in total. The SMILES string of the molecule is CCCCC(CC)CC(NN)c1cccc2c1OCCO2. The second kappa shape index (κ2) is 8.25. The lowest BCUT2D eigenvalue weighted by atomic mass is 9.89. The van der Waals surface area contributed by atoms with E-state index in [1.807, 2.05) is 12.1 Å². The van der Waals surface area contributed by atoms with Crippen LogP contribution >= 0.6 is 0 Å². The Labute approximate surface area is 128 Å². The van der Waals surface area contributed by atoms with Gasteiger partial charge >= 0.3 is 0 Å². The van der Waals surface area contributed by atoms with Gasteiger partial charge in [-0.2, -0.15) is 0 Å². The van der Waals surface area contributed by atoms with Crippen LogP contribution in [-0.2, 0) is 0 Å². The average molecular weight is 292 g/mol. The fourth-order valence-corrected chi connectivity index (χ4v) is 2.97. The summed E-state index contributed by atoms with van der Waals surface area (Å²) in [7, 11) is 0. The van der Waals surface area contributed by atoms with Gasteiger partial charge in [0.05, 0.1) is 6.04 Å². The van der Waals surface area contributed by atoms with Crippen LogP contribution in [0.25, 0.3) is 0 Å². The van der Waals surface area contributed by atoms with E-state index < -0.39 is 0 Å². The molecule has 2 atom stereocenters. The molecule has 2 rings (SSSR count). The van der Waals surface area contributed by atoms with E-state index in [1.54, 1.807) is 0 Å². The Kier molecular flexibility index (Phi) is 6.33. The highest BCUT2D eigenvalue weighted by Crippen LogP contribution is 2.39. The van der Waals surface area contributed by atoms with Gasteiger partial charge in [0, 0.05) is 5.56 Å². The molecular weight excluding hydrogens is 264 g/mol. The number of hydrogen-bond acceptors (Lipinski definition) is 4. The van der Waals surface area contributed by atoms with Crippen LogP contribution in [-0.4, -0.2) is 13.2 Å². The van der Waals surface area contributed by atoms with Crippen molar-refractivity contribution in [2.45, 2.75) is 52.0 Å². The number of fused-ring (bicyclic) bond motifs is 1. The summed E-state index contributed by atoms with van der Waals surface area (Å²) in [6.45, 7) is 5.72. The van der Waals surface area contributed by atoms with Crippen molar-refractivity contribution >= 4 is 0 Å². The molecule has 4 heteroatoms. The fraction of sp³-hybridized carbons (Fsp3) is 0.647. The monoisotopic (exact) mass is 292 g/mol. The summed E-state index contributed by atoms with van der Waals surface area (Å²) < 4.78 is 11.5. The minimum absolute atomic E-state index is 0.114. The Morgan fingerprint density at radius 3 is 2.76 bits per heavy atom. The van der Waals surface area contributed by atoms with Gasteiger partial charge in [-0.25, -0.2) is 0 Å². The molecule has 0 radical (unpaired) electrons. The van der Waals surface area contributed by atoms with Gasteiger partial charge < -0.3 is 9.47 Å². The Morgan fingerprint density at radius 1 is 1.24 bits per heavy atom. The van der Waals surface area contributed by atoms with Crippen molar-refractivity contribution in [3.8, 4) is 11.5 Å². The van der Waals surface area contributed by atoms with E-state index >= 15 is 0 Å². The van der Waals surface area contributed by atoms with E-state index in [0.29, 0.717) is 19.1 Å². The number of nitrogens with one attached hydrogen (secondary N) is 1. The maximum atomic E-state index is 5.82. The lowest BCUT2D eigenvalue weighted by Crippen LogP contribution is -2.30. The number of hydrazine groups is 1. The van der Waals surface area contributed by atoms with Crippen LogP contribution in [0.2, 0.25) is 0 Å². The molecule has 1 aliphatic rings. The first kappa shape index (κ1) is 16.1. The first-order valence-electron chi connectivity index (χ1n) is 8.14. The Balaban J connectivity index is 2.13. The number of para-hydroxylation sites is 1. The van der Waals surface area contributed by atoms with Crippen LogP contribution in [0.1, 0.15) is 57.6 Å². The Hall–Kier alpha value is -1.26. The van der Waals surface area contributed by atoms with Gasteiger partial charge in [-0.15, -0.1) is 0 Å². The van der Waals surface area contributed by atoms with Crippen molar-refractivity contribution in [2.24, 2.45) is 11.8 Å². The largest absolute Gasteiger partial charge is 0.486 e. The average Bonchev–Trinajstić information content (AvgIpc) is 2.55. The fourth-order valence-electron chi connectivity index (χ4n) is 2.97. The summed E-state index contributed by atoms with van der Waals surface area (Å²) in [5.41, 5.74) is 4.09. The summed E-state index contributed by atoms with van der Waals surface area (Å²) in [5.74, 6) is 8.20. The van der Waals surface area contributed by atoms with E-state index in [0.717, 1.165) is 23.5 Å². The minimum Gasteiger partial charge on any atom is -0.486 e. The van der Waals surface area contributed by atoms with Crippen molar-refractivity contribution in [1.29, 1.82) is 0 Å². The lowest BCUT2D eigenvalue weighted by Gasteiger charge is -2.27. The maximum Gasteiger partial charge on any atom is 0.166 e. The first-order chi connectivity index (χ1) is 10.3. The van der Waals surface area contributed by atoms with E-state index in [4.69, 9.17) is 15.3 Å². The summed E-state index contributed by atoms with van der Waals surface area (Å²) in [6, 6.07) is 6.17. The normalized spacial score (nSPS) is 16.5. The van der Waals surface area contributed by atoms with Crippen LogP contribution in [0, 0.1) is 5.92 Å². The number of nitrogens with two attached hydrogens (primary N) is 1. The molecule has 0 amide bonds. The molecule has 0 aromatic heterocycles. The number of rotatable bonds is 8. The van der Waals surface area contributed by atoms with E-state index in [2.05, 4.69) is 25.3 Å². The van der Waals surface area contributed by atoms with Gasteiger partial charge in [0.25, 0.3) is 0 Å². The molecule has 0 fully saturated rings. The van der Waals surface area contributed by atoms with Gasteiger partial charge in [-0.05, 0) is 18.4 Å². The minimum atomic E-state index is 0.114. The number of unbranched alkanes of at least 4 members (excludes halogenated alkanes) is 1. The van der Waals surface area contributed by atoms with Crippen LogP contribution in [0.3, 0.4) is 0 Å². The third-order valence-corrected chi connectivity index (χ3v) is 4.29. The quantitative estimate of drug-likeness (QED) is 0.568. The molecule has 1 heterocycles. The number of hydrogen-bond donors (Lipinski definition) is 2. The predicted octanol–water partition coefficient (Wildman–Crippen LogP) is 3.57. The molecule has 1 aromatic rings. The smallest absolute Gasteiger partial charge is 0.166 e. The third kappa shape index (κ3) is 4.11. The maximum absolute atomic E-state index is 5.82. The topological polar surface area (TPSA) is 56.5 Å². The second-order valence-electron chi connectivity index (χ2n) is 5.74. The molecule has 118 valence electrons. The summed E-state index contributed by atoms with van der Waals surface area (Å²) in [5, 5.41) is 0. The molecule has 3 N–H and O–H groups in total. The summed E-state index contributed by atoms with van der Waals surface area (Å²) in [4.78, 5) is 0. The van der Waals surface area contributed by atoms with Crippen LogP contribution in [0.4, 0.5) is 0 Å². The molecule has 0 bridgehead atoms. The van der Waals surface area contributed by atoms with E-state index in [1.165, 1.54) is 25.7 Å². The molecule has 0 aliphatic carbocycles.